The van der Waals surface area contributed by atoms with Crippen LogP contribution in [0.4, 0.5) is 11.4 Å². The Morgan fingerprint density at radius 1 is 1.12 bits per heavy atom. The number of hydrogen-bond acceptors (Lipinski definition) is 4. The summed E-state index contributed by atoms with van der Waals surface area (Å²) >= 11 is 0. The molecule has 0 unspecified atom stereocenters. The molecule has 0 spiro atoms. The average Bonchev–Trinajstić information content (AvgIpc) is 2.39. The summed E-state index contributed by atoms with van der Waals surface area (Å²) in [5, 5.41) is 17.2. The summed E-state index contributed by atoms with van der Waals surface area (Å²) in [5.41, 5.74) is 1.61. The second-order valence-corrected chi connectivity index (χ2v) is 3.37. The lowest BCUT2D eigenvalue weighted by Crippen LogP contribution is -2.21. The highest BCUT2D eigenvalue weighted by molar-refractivity contribution is 6.11. The van der Waals surface area contributed by atoms with E-state index in [1.165, 1.54) is 0 Å². The van der Waals surface area contributed by atoms with Crippen LogP contribution in [-0.4, -0.2) is 18.8 Å². The zero-order valence-corrected chi connectivity index (χ0v) is 10.0. The highest BCUT2D eigenvalue weighted by Gasteiger charge is 2.01. The molecule has 0 atom stereocenters. The Kier molecular flexibility index (Phi) is 4.72. The molecule has 1 rings (SSSR count). The standard InChI is InChI=1S/C13H14N4/c1-3-17(4-2)13-7-5-11(6-8-13)16-12(9-14)10-15/h5-8H,3-4H2,1-2H3. The van der Waals surface area contributed by atoms with Crippen LogP contribution in [-0.2, 0) is 0 Å². The minimum atomic E-state index is -0.124. The van der Waals surface area contributed by atoms with Gasteiger partial charge in [-0.3, -0.25) is 0 Å². The molecule has 0 aliphatic carbocycles. The van der Waals surface area contributed by atoms with Gasteiger partial charge in [-0.2, -0.15) is 10.5 Å². The van der Waals surface area contributed by atoms with Gasteiger partial charge in [0.15, 0.2) is 0 Å². The molecule has 0 N–H and O–H groups in total. The minimum absolute atomic E-state index is 0.124. The fourth-order valence-electron chi connectivity index (χ4n) is 1.53. The normalized spacial score (nSPS) is 8.94. The van der Waals surface area contributed by atoms with Gasteiger partial charge < -0.3 is 4.90 Å². The SMILES string of the molecule is CCN(CC)c1ccc(N=C(C#N)C#N)cc1. The second-order valence-electron chi connectivity index (χ2n) is 3.37. The minimum Gasteiger partial charge on any atom is -0.372 e. The first-order valence-electron chi connectivity index (χ1n) is 5.49. The fourth-order valence-corrected chi connectivity index (χ4v) is 1.53. The number of benzene rings is 1. The van der Waals surface area contributed by atoms with Gasteiger partial charge in [0.25, 0.3) is 0 Å². The Labute approximate surface area is 101 Å². The summed E-state index contributed by atoms with van der Waals surface area (Å²) in [6.45, 7) is 6.08. The first kappa shape index (κ1) is 12.7. The van der Waals surface area contributed by atoms with Crippen molar-refractivity contribution in [1.29, 1.82) is 10.5 Å². The van der Waals surface area contributed by atoms with Gasteiger partial charge in [-0.25, -0.2) is 4.99 Å². The molecule has 0 aliphatic heterocycles. The van der Waals surface area contributed by atoms with E-state index < -0.39 is 0 Å². The summed E-state index contributed by atoms with van der Waals surface area (Å²) in [4.78, 5) is 6.13. The van der Waals surface area contributed by atoms with Crippen LogP contribution in [0.5, 0.6) is 0 Å². The van der Waals surface area contributed by atoms with Gasteiger partial charge in [-0.1, -0.05) is 0 Å². The largest absolute Gasteiger partial charge is 0.372 e. The summed E-state index contributed by atoms with van der Waals surface area (Å²) in [6, 6.07) is 11.0. The molecule has 0 radical (unpaired) electrons. The Morgan fingerprint density at radius 3 is 2.06 bits per heavy atom. The maximum atomic E-state index is 8.59. The number of nitrogens with zero attached hydrogens (tertiary/aromatic N) is 4. The van der Waals surface area contributed by atoms with Crippen molar-refractivity contribution in [3.05, 3.63) is 24.3 Å². The first-order chi connectivity index (χ1) is 8.24. The van der Waals surface area contributed by atoms with Crippen LogP contribution in [0.1, 0.15) is 13.8 Å². The van der Waals surface area contributed by atoms with Crippen LogP contribution in [0.3, 0.4) is 0 Å². The molecule has 1 aromatic carbocycles. The van der Waals surface area contributed by atoms with Crippen molar-refractivity contribution in [3.63, 3.8) is 0 Å². The maximum Gasteiger partial charge on any atom is 0.218 e. The van der Waals surface area contributed by atoms with E-state index >= 15 is 0 Å². The third-order valence-corrected chi connectivity index (χ3v) is 2.43. The van der Waals surface area contributed by atoms with Gasteiger partial charge >= 0.3 is 0 Å². The lowest BCUT2D eigenvalue weighted by atomic mass is 10.2. The van der Waals surface area contributed by atoms with Crippen LogP contribution in [0, 0.1) is 22.7 Å². The summed E-state index contributed by atoms with van der Waals surface area (Å²) in [6.07, 6.45) is 0. The van der Waals surface area contributed by atoms with E-state index in [-0.39, 0.29) is 5.71 Å². The van der Waals surface area contributed by atoms with Crippen LogP contribution in [0.25, 0.3) is 0 Å². The Hall–Kier alpha value is -2.33. The van der Waals surface area contributed by atoms with E-state index in [4.69, 9.17) is 10.5 Å². The lowest BCUT2D eigenvalue weighted by Gasteiger charge is -2.20. The number of rotatable bonds is 4. The number of nitriles is 2. The van der Waals surface area contributed by atoms with Gasteiger partial charge in [0.05, 0.1) is 5.69 Å². The molecular formula is C13H14N4. The molecule has 0 saturated carbocycles. The maximum absolute atomic E-state index is 8.59. The molecule has 0 heterocycles. The second kappa shape index (κ2) is 6.30. The van der Waals surface area contributed by atoms with Gasteiger partial charge in [0, 0.05) is 18.8 Å². The van der Waals surface area contributed by atoms with Gasteiger partial charge in [-0.05, 0) is 38.1 Å². The summed E-state index contributed by atoms with van der Waals surface area (Å²) in [7, 11) is 0. The molecule has 0 aliphatic rings. The Balaban J connectivity index is 2.94. The number of aliphatic imine (C=N–C) groups is 1. The third kappa shape index (κ3) is 3.32. The van der Waals surface area contributed by atoms with Crippen LogP contribution >= 0.6 is 0 Å². The highest BCUT2D eigenvalue weighted by Crippen LogP contribution is 2.19. The molecule has 4 heteroatoms. The number of hydrogen-bond donors (Lipinski definition) is 0. The quantitative estimate of drug-likeness (QED) is 0.741. The average molecular weight is 226 g/mol. The van der Waals surface area contributed by atoms with Crippen molar-refractivity contribution in [2.24, 2.45) is 4.99 Å². The van der Waals surface area contributed by atoms with Crippen LogP contribution in [0.2, 0.25) is 0 Å². The van der Waals surface area contributed by atoms with Gasteiger partial charge in [0.2, 0.25) is 5.71 Å². The predicted octanol–water partition coefficient (Wildman–Crippen LogP) is 2.65. The molecule has 17 heavy (non-hydrogen) atoms. The summed E-state index contributed by atoms with van der Waals surface area (Å²) in [5.74, 6) is 0. The van der Waals surface area contributed by atoms with E-state index in [1.807, 2.05) is 24.3 Å². The molecular weight excluding hydrogens is 212 g/mol. The van der Waals surface area contributed by atoms with E-state index in [0.717, 1.165) is 18.8 Å². The molecule has 0 amide bonds. The first-order valence-corrected chi connectivity index (χ1v) is 5.49. The van der Waals surface area contributed by atoms with E-state index in [9.17, 15) is 0 Å². The molecule has 0 bridgehead atoms. The lowest BCUT2D eigenvalue weighted by molar-refractivity contribution is 0.866. The van der Waals surface area contributed by atoms with E-state index in [1.54, 1.807) is 12.1 Å². The van der Waals surface area contributed by atoms with Crippen LogP contribution in [0.15, 0.2) is 29.3 Å². The monoisotopic (exact) mass is 226 g/mol. The molecule has 0 fully saturated rings. The topological polar surface area (TPSA) is 63.2 Å². The van der Waals surface area contributed by atoms with Crippen molar-refractivity contribution in [3.8, 4) is 12.1 Å². The van der Waals surface area contributed by atoms with Gasteiger partial charge in [0.1, 0.15) is 12.1 Å². The van der Waals surface area contributed by atoms with Crippen molar-refractivity contribution in [2.45, 2.75) is 13.8 Å². The Bertz CT molecular complexity index is 454. The van der Waals surface area contributed by atoms with Gasteiger partial charge in [-0.15, -0.1) is 0 Å². The van der Waals surface area contributed by atoms with Crippen molar-refractivity contribution < 1.29 is 0 Å². The predicted molar refractivity (Wildman–Crippen MR) is 68.3 cm³/mol. The Morgan fingerprint density at radius 2 is 1.65 bits per heavy atom. The zero-order chi connectivity index (χ0) is 12.7. The fraction of sp³-hybridized carbons (Fsp3) is 0.308. The number of anilines is 1. The smallest absolute Gasteiger partial charge is 0.218 e. The highest BCUT2D eigenvalue weighted by atomic mass is 15.1. The molecule has 0 saturated heterocycles. The molecule has 0 aromatic heterocycles. The van der Waals surface area contributed by atoms with E-state index in [0.29, 0.717) is 5.69 Å². The molecule has 86 valence electrons. The van der Waals surface area contributed by atoms with Crippen LogP contribution < -0.4 is 4.90 Å². The third-order valence-electron chi connectivity index (χ3n) is 2.43. The van der Waals surface area contributed by atoms with E-state index in [2.05, 4.69) is 23.7 Å². The van der Waals surface area contributed by atoms with Crippen molar-refractivity contribution in [2.75, 3.05) is 18.0 Å². The summed E-state index contributed by atoms with van der Waals surface area (Å²) < 4.78 is 0. The van der Waals surface area contributed by atoms with Crippen molar-refractivity contribution in [1.82, 2.24) is 0 Å². The molecule has 1 aromatic rings. The zero-order valence-electron chi connectivity index (χ0n) is 10.0. The van der Waals surface area contributed by atoms with Crippen molar-refractivity contribution >= 4 is 17.1 Å². The molecule has 4 nitrogen and oxygen atoms in total.